The summed E-state index contributed by atoms with van der Waals surface area (Å²) in [6.07, 6.45) is 5.43. The molecule has 5 nitrogen and oxygen atoms in total. The molecule has 1 fully saturated rings. The van der Waals surface area contributed by atoms with Crippen LogP contribution >= 0.6 is 0 Å². The summed E-state index contributed by atoms with van der Waals surface area (Å²) in [7, 11) is -3.55. The van der Waals surface area contributed by atoms with Gasteiger partial charge < -0.3 is 9.08 Å². The van der Waals surface area contributed by atoms with E-state index < -0.39 is 10.1 Å². The van der Waals surface area contributed by atoms with E-state index in [0.717, 1.165) is 31.2 Å². The molecule has 0 bridgehead atoms. The van der Waals surface area contributed by atoms with Crippen molar-refractivity contribution < 1.29 is 17.4 Å². The lowest BCUT2D eigenvalue weighted by atomic mass is 9.88. The molecule has 0 heterocycles. The van der Waals surface area contributed by atoms with Crippen molar-refractivity contribution in [2.75, 3.05) is 12.3 Å². The Morgan fingerprint density at radius 3 is 2.54 bits per heavy atom. The first-order chi connectivity index (χ1) is 12.3. The van der Waals surface area contributed by atoms with Crippen LogP contribution in [0.4, 0.5) is 0 Å². The van der Waals surface area contributed by atoms with Crippen molar-refractivity contribution in [1.82, 2.24) is 4.90 Å². The van der Waals surface area contributed by atoms with Gasteiger partial charge in [0.05, 0.1) is 5.75 Å². The van der Waals surface area contributed by atoms with Crippen LogP contribution in [0.2, 0.25) is 0 Å². The van der Waals surface area contributed by atoms with Gasteiger partial charge in [-0.15, -0.1) is 0 Å². The molecular weight excluding hydrogens is 350 g/mol. The lowest BCUT2D eigenvalue weighted by Crippen LogP contribution is -2.38. The maximum atomic E-state index is 13.0. The number of benzene rings is 1. The third kappa shape index (κ3) is 6.31. The van der Waals surface area contributed by atoms with Crippen molar-refractivity contribution in [3.05, 3.63) is 29.8 Å². The number of carbonyl (C=O) groups is 1. The number of carbonyl (C=O) groups excluding carboxylic acids is 1. The van der Waals surface area contributed by atoms with Gasteiger partial charge in [-0.2, -0.15) is 8.42 Å². The van der Waals surface area contributed by atoms with Gasteiger partial charge >= 0.3 is 10.1 Å². The minimum Gasteiger partial charge on any atom is -0.382 e. The molecule has 0 saturated heterocycles. The smallest absolute Gasteiger partial charge is 0.308 e. The van der Waals surface area contributed by atoms with Gasteiger partial charge in [-0.1, -0.05) is 45.2 Å². The molecule has 26 heavy (non-hydrogen) atoms. The summed E-state index contributed by atoms with van der Waals surface area (Å²) in [6.45, 7) is 6.94. The zero-order chi connectivity index (χ0) is 19.2. The Hall–Kier alpha value is -1.56. The zero-order valence-electron chi connectivity index (χ0n) is 16.1. The van der Waals surface area contributed by atoms with Crippen LogP contribution in [-0.2, 0) is 21.5 Å². The van der Waals surface area contributed by atoms with E-state index in [2.05, 4.69) is 13.8 Å². The summed E-state index contributed by atoms with van der Waals surface area (Å²) in [4.78, 5) is 14.9. The van der Waals surface area contributed by atoms with Crippen LogP contribution in [0.25, 0.3) is 0 Å². The Bertz CT molecular complexity index is 694. The monoisotopic (exact) mass is 381 g/mol. The van der Waals surface area contributed by atoms with Crippen molar-refractivity contribution in [3.8, 4) is 5.75 Å². The highest BCUT2D eigenvalue weighted by atomic mass is 32.2. The van der Waals surface area contributed by atoms with E-state index >= 15 is 0 Å². The fourth-order valence-electron chi connectivity index (χ4n) is 3.40. The molecular formula is C20H31NO4S. The zero-order valence-corrected chi connectivity index (χ0v) is 16.9. The first-order valence-corrected chi connectivity index (χ1v) is 11.2. The summed E-state index contributed by atoms with van der Waals surface area (Å²) in [5, 5.41) is 0. The fraction of sp³-hybridized carbons (Fsp3) is 0.650. The highest BCUT2D eigenvalue weighted by molar-refractivity contribution is 7.87. The highest BCUT2D eigenvalue weighted by Gasteiger charge is 2.26. The van der Waals surface area contributed by atoms with E-state index in [4.69, 9.17) is 4.18 Å². The first kappa shape index (κ1) is 20.7. The topological polar surface area (TPSA) is 63.7 Å². The molecule has 2 rings (SSSR count). The van der Waals surface area contributed by atoms with Gasteiger partial charge in [0.25, 0.3) is 0 Å². The molecule has 1 aromatic rings. The van der Waals surface area contributed by atoms with Gasteiger partial charge in [0.2, 0.25) is 5.91 Å². The van der Waals surface area contributed by atoms with Crippen molar-refractivity contribution in [3.63, 3.8) is 0 Å². The van der Waals surface area contributed by atoms with E-state index in [-0.39, 0.29) is 17.6 Å². The van der Waals surface area contributed by atoms with E-state index in [0.29, 0.717) is 24.8 Å². The molecule has 1 saturated carbocycles. The van der Waals surface area contributed by atoms with Crippen molar-refractivity contribution >= 4 is 16.0 Å². The van der Waals surface area contributed by atoms with Crippen molar-refractivity contribution in [1.29, 1.82) is 0 Å². The summed E-state index contributed by atoms with van der Waals surface area (Å²) in [6, 6.07) is 7.03. The normalized spacial score (nSPS) is 15.8. The predicted octanol–water partition coefficient (Wildman–Crippen LogP) is 3.98. The predicted molar refractivity (Wildman–Crippen MR) is 103 cm³/mol. The lowest BCUT2D eigenvalue weighted by Gasteiger charge is -2.30. The Kier molecular flexibility index (Phi) is 7.50. The Morgan fingerprint density at radius 2 is 1.92 bits per heavy atom. The van der Waals surface area contributed by atoms with Gasteiger partial charge in [0, 0.05) is 19.0 Å². The second-order valence-corrected chi connectivity index (χ2v) is 9.38. The van der Waals surface area contributed by atoms with Gasteiger partial charge in [-0.25, -0.2) is 0 Å². The molecule has 1 aromatic carbocycles. The van der Waals surface area contributed by atoms with Crippen LogP contribution in [0, 0.1) is 11.8 Å². The van der Waals surface area contributed by atoms with E-state index in [9.17, 15) is 13.2 Å². The van der Waals surface area contributed by atoms with Crippen LogP contribution in [0.1, 0.15) is 58.4 Å². The van der Waals surface area contributed by atoms with Crippen LogP contribution < -0.4 is 4.18 Å². The Balaban J connectivity index is 2.13. The number of rotatable bonds is 8. The average Bonchev–Trinajstić information content (AvgIpc) is 2.61. The average molecular weight is 382 g/mol. The molecule has 0 unspecified atom stereocenters. The molecule has 6 heteroatoms. The van der Waals surface area contributed by atoms with Crippen molar-refractivity contribution in [2.45, 2.75) is 59.4 Å². The molecule has 0 spiro atoms. The summed E-state index contributed by atoms with van der Waals surface area (Å²) in [5.41, 5.74) is 0.888. The van der Waals surface area contributed by atoms with Gasteiger partial charge in [0.1, 0.15) is 5.75 Å². The molecule has 0 aliphatic heterocycles. The first-order valence-electron chi connectivity index (χ1n) is 9.60. The lowest BCUT2D eigenvalue weighted by molar-refractivity contribution is -0.137. The van der Waals surface area contributed by atoms with Gasteiger partial charge in [0.15, 0.2) is 0 Å². The summed E-state index contributed by atoms with van der Waals surface area (Å²) < 4.78 is 28.5. The number of hydrogen-bond acceptors (Lipinski definition) is 4. The number of nitrogens with zero attached hydrogens (tertiary/aromatic N) is 1. The van der Waals surface area contributed by atoms with Crippen LogP contribution in [0.3, 0.4) is 0 Å². The Labute approximate surface area is 157 Å². The maximum Gasteiger partial charge on any atom is 0.308 e. The third-order valence-electron chi connectivity index (χ3n) is 4.70. The molecule has 146 valence electrons. The third-order valence-corrected chi connectivity index (χ3v) is 5.85. The van der Waals surface area contributed by atoms with Crippen LogP contribution in [0.15, 0.2) is 24.3 Å². The molecule has 0 atom stereocenters. The van der Waals surface area contributed by atoms with Gasteiger partial charge in [-0.05, 0) is 43.4 Å². The van der Waals surface area contributed by atoms with Gasteiger partial charge in [-0.3, -0.25) is 4.79 Å². The molecule has 0 N–H and O–H groups in total. The molecule has 0 radical (unpaired) electrons. The number of hydrogen-bond donors (Lipinski definition) is 0. The maximum absolute atomic E-state index is 13.0. The highest BCUT2D eigenvalue weighted by Crippen LogP contribution is 2.27. The molecule has 1 aliphatic carbocycles. The SMILES string of the molecule is CCS(=O)(=O)Oc1cccc(CN(CC(C)C)C(=O)C2CCCCC2)c1. The Morgan fingerprint density at radius 1 is 1.23 bits per heavy atom. The van der Waals surface area contributed by atoms with Crippen LogP contribution in [-0.4, -0.2) is 31.5 Å². The van der Waals surface area contributed by atoms with E-state index in [1.54, 1.807) is 25.1 Å². The molecule has 1 amide bonds. The summed E-state index contributed by atoms with van der Waals surface area (Å²) in [5.74, 6) is 0.964. The molecule has 0 aromatic heterocycles. The minimum atomic E-state index is -3.55. The minimum absolute atomic E-state index is 0.0726. The second kappa shape index (κ2) is 9.40. The molecule has 1 aliphatic rings. The summed E-state index contributed by atoms with van der Waals surface area (Å²) >= 11 is 0. The fourth-order valence-corrected chi connectivity index (χ4v) is 3.92. The quantitative estimate of drug-likeness (QED) is 0.639. The van der Waals surface area contributed by atoms with Crippen LogP contribution in [0.5, 0.6) is 5.75 Å². The number of amides is 1. The second-order valence-electron chi connectivity index (χ2n) is 7.52. The van der Waals surface area contributed by atoms with E-state index in [1.165, 1.54) is 6.42 Å². The van der Waals surface area contributed by atoms with E-state index in [1.807, 2.05) is 11.0 Å². The largest absolute Gasteiger partial charge is 0.382 e. The van der Waals surface area contributed by atoms with Crippen molar-refractivity contribution in [2.24, 2.45) is 11.8 Å². The standard InChI is InChI=1S/C20H31NO4S/c1-4-26(23,24)25-19-12-8-9-17(13-19)15-21(14-16(2)3)20(22)18-10-6-5-7-11-18/h8-9,12-13,16,18H,4-7,10-11,14-15H2,1-3H3.